The molecule has 0 aliphatic carbocycles. The van der Waals surface area contributed by atoms with Crippen molar-refractivity contribution in [2.75, 3.05) is 66.1 Å². The molecule has 3 aliphatic rings. The summed E-state index contributed by atoms with van der Waals surface area (Å²) in [4.78, 5) is 0. The fourth-order valence-electron chi connectivity index (χ4n) is 5.32. The van der Waals surface area contributed by atoms with Gasteiger partial charge in [-0.2, -0.15) is 0 Å². The molecule has 0 bridgehead atoms. The molecule has 0 aromatic carbocycles. The molecule has 0 aromatic rings. The molecule has 3 aliphatic heterocycles. The molecule has 3 fully saturated rings. The summed E-state index contributed by atoms with van der Waals surface area (Å²) in [7, 11) is 0. The molecule has 0 N–H and O–H groups in total. The molecule has 3 heterocycles. The Morgan fingerprint density at radius 2 is 1.07 bits per heavy atom. The Morgan fingerprint density at radius 3 is 1.63 bits per heavy atom. The number of hydrogen-bond acceptors (Lipinski definition) is 8. The molecule has 0 saturated carbocycles. The van der Waals surface area contributed by atoms with Crippen LogP contribution in [0.3, 0.4) is 0 Å². The Morgan fingerprint density at radius 1 is 0.537 bits per heavy atom. The quantitative estimate of drug-likeness (QED) is 0.0719. The molecule has 0 spiro atoms. The van der Waals surface area contributed by atoms with Crippen LogP contribution in [0, 0.1) is 0 Å². The van der Waals surface area contributed by atoms with Crippen molar-refractivity contribution in [1.29, 1.82) is 0 Å². The van der Waals surface area contributed by atoms with E-state index in [4.69, 9.17) is 37.9 Å². The second-order valence-electron chi connectivity index (χ2n) is 12.0. The zero-order valence-electron chi connectivity index (χ0n) is 26.1. The van der Waals surface area contributed by atoms with Gasteiger partial charge >= 0.3 is 0 Å². The predicted octanol–water partition coefficient (Wildman–Crippen LogP) is 6.96. The van der Waals surface area contributed by atoms with E-state index in [-0.39, 0.29) is 18.7 Å². The molecule has 8 heteroatoms. The first-order chi connectivity index (χ1) is 20.4. The molecule has 0 amide bonds. The maximum absolute atomic E-state index is 6.30. The van der Waals surface area contributed by atoms with Gasteiger partial charge in [0.2, 0.25) is 0 Å². The summed E-state index contributed by atoms with van der Waals surface area (Å²) in [6.45, 7) is 8.16. The first-order valence-electron chi connectivity index (χ1n) is 17.3. The third-order valence-corrected chi connectivity index (χ3v) is 8.03. The van der Waals surface area contributed by atoms with Gasteiger partial charge in [-0.15, -0.1) is 0 Å². The van der Waals surface area contributed by atoms with Crippen molar-refractivity contribution in [1.82, 2.24) is 0 Å². The zero-order valence-corrected chi connectivity index (χ0v) is 26.1. The SMILES string of the molecule is C(CCCOC1CCCCO1)CCOCC(CCCCCCOCC1CO1)OCCCCCCOC1CCCCO1. The van der Waals surface area contributed by atoms with Gasteiger partial charge < -0.3 is 37.9 Å². The lowest BCUT2D eigenvalue weighted by atomic mass is 10.1. The largest absolute Gasteiger partial charge is 0.379 e. The van der Waals surface area contributed by atoms with E-state index in [1.807, 2.05) is 0 Å². The fraction of sp³-hybridized carbons (Fsp3) is 1.00. The number of hydrogen-bond donors (Lipinski definition) is 0. The van der Waals surface area contributed by atoms with Crippen LogP contribution in [0.2, 0.25) is 0 Å². The van der Waals surface area contributed by atoms with Crippen molar-refractivity contribution in [2.45, 2.75) is 147 Å². The summed E-state index contributed by atoms with van der Waals surface area (Å²) >= 11 is 0. The summed E-state index contributed by atoms with van der Waals surface area (Å²) in [6, 6.07) is 0. The third-order valence-electron chi connectivity index (χ3n) is 8.03. The smallest absolute Gasteiger partial charge is 0.157 e. The molecule has 3 rings (SSSR count). The lowest BCUT2D eigenvalue weighted by Gasteiger charge is -2.22. The molecule has 0 radical (unpaired) electrons. The highest BCUT2D eigenvalue weighted by Gasteiger charge is 2.22. The summed E-state index contributed by atoms with van der Waals surface area (Å²) in [6.07, 6.45) is 22.5. The van der Waals surface area contributed by atoms with Crippen LogP contribution in [-0.4, -0.2) is 90.9 Å². The van der Waals surface area contributed by atoms with Crippen LogP contribution in [0.4, 0.5) is 0 Å². The number of rotatable bonds is 28. The van der Waals surface area contributed by atoms with Crippen molar-refractivity contribution < 1.29 is 37.9 Å². The number of ether oxygens (including phenoxy) is 8. The number of epoxide rings is 1. The highest BCUT2D eigenvalue weighted by Crippen LogP contribution is 2.16. The van der Waals surface area contributed by atoms with E-state index in [2.05, 4.69) is 0 Å². The van der Waals surface area contributed by atoms with Crippen LogP contribution in [-0.2, 0) is 37.9 Å². The van der Waals surface area contributed by atoms with Crippen molar-refractivity contribution in [3.8, 4) is 0 Å². The Kier molecular flexibility index (Phi) is 21.5. The minimum atomic E-state index is 0.0352. The normalized spacial score (nSPS) is 23.6. The first kappa shape index (κ1) is 35.2. The van der Waals surface area contributed by atoms with E-state index in [1.165, 1.54) is 70.6 Å². The molecule has 41 heavy (non-hydrogen) atoms. The Bertz CT molecular complexity index is 563. The summed E-state index contributed by atoms with van der Waals surface area (Å²) in [5.41, 5.74) is 0. The monoisotopic (exact) mass is 586 g/mol. The number of unbranched alkanes of at least 4 members (excludes halogenated alkanes) is 9. The van der Waals surface area contributed by atoms with E-state index in [0.29, 0.717) is 12.7 Å². The fourth-order valence-corrected chi connectivity index (χ4v) is 5.32. The lowest BCUT2D eigenvalue weighted by molar-refractivity contribution is -0.163. The minimum absolute atomic E-state index is 0.0352. The molecule has 4 atom stereocenters. The minimum Gasteiger partial charge on any atom is -0.379 e. The second kappa shape index (κ2) is 25.1. The maximum Gasteiger partial charge on any atom is 0.157 e. The van der Waals surface area contributed by atoms with Crippen LogP contribution < -0.4 is 0 Å². The van der Waals surface area contributed by atoms with E-state index in [1.54, 1.807) is 0 Å². The molecule has 0 aromatic heterocycles. The third kappa shape index (κ3) is 20.3. The molecular weight excluding hydrogens is 524 g/mol. The van der Waals surface area contributed by atoms with Gasteiger partial charge in [0.05, 0.1) is 25.9 Å². The van der Waals surface area contributed by atoms with Gasteiger partial charge in [0.25, 0.3) is 0 Å². The Hall–Kier alpha value is -0.320. The summed E-state index contributed by atoms with van der Waals surface area (Å²) < 4.78 is 46.2. The highest BCUT2D eigenvalue weighted by atomic mass is 16.7. The standard InChI is InChI=1S/C33H62O8/c1(2-10-21-35-28-31-29-41-31)7-17-30(36-22-12-5-6-14-24-38-33-19-9-16-26-40-33)27-34-20-11-3-4-13-23-37-32-18-8-15-25-39-32/h30-33H,1-29H2. The first-order valence-corrected chi connectivity index (χ1v) is 17.3. The maximum atomic E-state index is 6.30. The molecular formula is C33H62O8. The van der Waals surface area contributed by atoms with E-state index < -0.39 is 0 Å². The van der Waals surface area contributed by atoms with Gasteiger partial charge in [-0.3, -0.25) is 0 Å². The Balaban J connectivity index is 1.15. The van der Waals surface area contributed by atoms with Gasteiger partial charge in [-0.25, -0.2) is 0 Å². The van der Waals surface area contributed by atoms with Gasteiger partial charge in [-0.05, 0) is 77.0 Å². The molecule has 242 valence electrons. The van der Waals surface area contributed by atoms with E-state index in [0.717, 1.165) is 111 Å². The molecule has 4 unspecified atom stereocenters. The van der Waals surface area contributed by atoms with Gasteiger partial charge in [-0.1, -0.05) is 44.9 Å². The van der Waals surface area contributed by atoms with Gasteiger partial charge in [0.1, 0.15) is 6.10 Å². The van der Waals surface area contributed by atoms with Crippen LogP contribution in [0.1, 0.15) is 122 Å². The predicted molar refractivity (Wildman–Crippen MR) is 160 cm³/mol. The summed E-state index contributed by atoms with van der Waals surface area (Å²) in [5, 5.41) is 0. The highest BCUT2D eigenvalue weighted by molar-refractivity contribution is 4.67. The average molecular weight is 587 g/mol. The lowest BCUT2D eigenvalue weighted by Crippen LogP contribution is -2.22. The topological polar surface area (TPSA) is 77.1 Å². The van der Waals surface area contributed by atoms with Crippen molar-refractivity contribution >= 4 is 0 Å². The molecule has 8 nitrogen and oxygen atoms in total. The van der Waals surface area contributed by atoms with Crippen molar-refractivity contribution in [2.24, 2.45) is 0 Å². The summed E-state index contributed by atoms with van der Waals surface area (Å²) in [5.74, 6) is 0. The second-order valence-corrected chi connectivity index (χ2v) is 12.0. The van der Waals surface area contributed by atoms with Gasteiger partial charge in [0.15, 0.2) is 12.6 Å². The van der Waals surface area contributed by atoms with Crippen LogP contribution >= 0.6 is 0 Å². The van der Waals surface area contributed by atoms with Gasteiger partial charge in [0, 0.05) is 46.2 Å². The van der Waals surface area contributed by atoms with E-state index >= 15 is 0 Å². The Labute approximate surface area is 250 Å². The average Bonchev–Trinajstić information content (AvgIpc) is 3.84. The van der Waals surface area contributed by atoms with Crippen LogP contribution in [0.5, 0.6) is 0 Å². The van der Waals surface area contributed by atoms with Crippen LogP contribution in [0.15, 0.2) is 0 Å². The zero-order chi connectivity index (χ0) is 28.5. The van der Waals surface area contributed by atoms with E-state index in [9.17, 15) is 0 Å². The molecule has 3 saturated heterocycles. The van der Waals surface area contributed by atoms with Crippen molar-refractivity contribution in [3.05, 3.63) is 0 Å². The van der Waals surface area contributed by atoms with Crippen molar-refractivity contribution in [3.63, 3.8) is 0 Å². The van der Waals surface area contributed by atoms with Crippen LogP contribution in [0.25, 0.3) is 0 Å².